The Kier molecular flexibility index (Phi) is 13.3. The Morgan fingerprint density at radius 2 is 1.89 bits per heavy atom. The van der Waals surface area contributed by atoms with Crippen LogP contribution >= 0.6 is 8.03 Å². The van der Waals surface area contributed by atoms with Gasteiger partial charge in [-0.1, -0.05) is 30.3 Å². The van der Waals surface area contributed by atoms with Gasteiger partial charge in [-0.25, -0.2) is 9.59 Å². The lowest BCUT2D eigenvalue weighted by molar-refractivity contribution is -0.151. The first kappa shape index (κ1) is 28.7. The van der Waals surface area contributed by atoms with Gasteiger partial charge in [0, 0.05) is 19.7 Å². The summed E-state index contributed by atoms with van der Waals surface area (Å²) in [4.78, 5) is 37.7. The average molecular weight is 512 g/mol. The highest BCUT2D eigenvalue weighted by Gasteiger charge is 2.40. The molecule has 3 atom stereocenters. The fourth-order valence-corrected chi connectivity index (χ4v) is 4.90. The van der Waals surface area contributed by atoms with Crippen LogP contribution < -0.4 is 5.32 Å². The van der Waals surface area contributed by atoms with Crippen LogP contribution in [0.4, 0.5) is 4.79 Å². The molecular formula is C24H36N2O8P+. The molecule has 0 bridgehead atoms. The highest BCUT2D eigenvalue weighted by Crippen LogP contribution is 2.30. The van der Waals surface area contributed by atoms with Crippen molar-refractivity contribution in [1.82, 2.24) is 10.2 Å². The molecule has 0 radical (unpaired) electrons. The fraction of sp³-hybridized carbons (Fsp3) is 0.625. The second-order valence-electron chi connectivity index (χ2n) is 8.45. The smallest absolute Gasteiger partial charge is 0.480 e. The van der Waals surface area contributed by atoms with Crippen molar-refractivity contribution in [3.05, 3.63) is 35.9 Å². The Morgan fingerprint density at radius 3 is 2.60 bits per heavy atom. The number of hydrogen-bond acceptors (Lipinski definition) is 7. The van der Waals surface area contributed by atoms with Crippen molar-refractivity contribution in [2.75, 3.05) is 25.9 Å². The quantitative estimate of drug-likeness (QED) is 0.226. The van der Waals surface area contributed by atoms with Gasteiger partial charge in [-0.3, -0.25) is 4.79 Å². The number of rotatable bonds is 16. The molecule has 0 saturated carbocycles. The number of ether oxygens (including phenoxy) is 1. The molecule has 3 N–H and O–H groups in total. The predicted octanol–water partition coefficient (Wildman–Crippen LogP) is 3.45. The molecule has 0 aromatic heterocycles. The van der Waals surface area contributed by atoms with Gasteiger partial charge in [0.15, 0.2) is 12.3 Å². The van der Waals surface area contributed by atoms with E-state index in [1.165, 1.54) is 4.90 Å². The van der Waals surface area contributed by atoms with Gasteiger partial charge in [-0.2, -0.15) is 0 Å². The molecule has 1 fully saturated rings. The summed E-state index contributed by atoms with van der Waals surface area (Å²) in [7, 11) is -2.09. The number of aliphatic hydroxyl groups excluding tert-OH is 1. The highest BCUT2D eigenvalue weighted by molar-refractivity contribution is 7.39. The third-order valence-electron chi connectivity index (χ3n) is 5.72. The zero-order chi connectivity index (χ0) is 25.5. The zero-order valence-corrected chi connectivity index (χ0v) is 20.9. The summed E-state index contributed by atoms with van der Waals surface area (Å²) < 4.78 is 23.2. The lowest BCUT2D eigenvalue weighted by atomic mass is 10.1. The van der Waals surface area contributed by atoms with Gasteiger partial charge in [0.25, 0.3) is 5.91 Å². The van der Waals surface area contributed by atoms with E-state index in [1.807, 2.05) is 30.3 Å². The molecule has 10 nitrogen and oxygen atoms in total. The Morgan fingerprint density at radius 1 is 1.11 bits per heavy atom. The highest BCUT2D eigenvalue weighted by atomic mass is 31.1. The van der Waals surface area contributed by atoms with Gasteiger partial charge in [0.05, 0.1) is 0 Å². The summed E-state index contributed by atoms with van der Waals surface area (Å²) >= 11 is 0. The van der Waals surface area contributed by atoms with Crippen LogP contribution in [0.1, 0.15) is 56.9 Å². The van der Waals surface area contributed by atoms with E-state index in [9.17, 15) is 24.1 Å². The molecule has 1 aromatic carbocycles. The Labute approximate surface area is 206 Å². The number of aliphatic carboxylic acids is 1. The van der Waals surface area contributed by atoms with Crippen LogP contribution in [0, 0.1) is 0 Å². The third kappa shape index (κ3) is 10.7. The van der Waals surface area contributed by atoms with Crippen LogP contribution in [0.3, 0.4) is 0 Å². The second-order valence-corrected chi connectivity index (χ2v) is 9.77. The van der Waals surface area contributed by atoms with Gasteiger partial charge < -0.3 is 25.2 Å². The number of aliphatic hydroxyl groups is 1. The van der Waals surface area contributed by atoms with Crippen molar-refractivity contribution in [1.29, 1.82) is 0 Å². The maximum absolute atomic E-state index is 13.1. The largest absolute Gasteiger partial charge is 0.508 e. The molecule has 194 valence electrons. The van der Waals surface area contributed by atoms with Crippen LogP contribution in [-0.4, -0.2) is 71.1 Å². The molecule has 1 aromatic rings. The monoisotopic (exact) mass is 511 g/mol. The Balaban J connectivity index is 1.79. The lowest BCUT2D eigenvalue weighted by Gasteiger charge is -2.24. The minimum Gasteiger partial charge on any atom is -0.480 e. The van der Waals surface area contributed by atoms with E-state index < -0.39 is 38.1 Å². The van der Waals surface area contributed by atoms with Gasteiger partial charge in [0.2, 0.25) is 0 Å². The van der Waals surface area contributed by atoms with Crippen molar-refractivity contribution in [3.63, 3.8) is 0 Å². The van der Waals surface area contributed by atoms with Gasteiger partial charge in [-0.05, 0) is 61.5 Å². The number of nitrogens with zero attached hydrogens (tertiary/aromatic N) is 1. The lowest BCUT2D eigenvalue weighted by Crippen LogP contribution is -2.45. The summed E-state index contributed by atoms with van der Waals surface area (Å²) in [6.07, 6.45) is 2.96. The van der Waals surface area contributed by atoms with Crippen molar-refractivity contribution in [3.8, 4) is 0 Å². The number of unbranched alkanes of at least 4 members (excludes halogenated alkanes) is 3. The summed E-state index contributed by atoms with van der Waals surface area (Å²) in [6, 6.07) is 8.43. The van der Waals surface area contributed by atoms with Crippen LogP contribution in [-0.2, 0) is 30.0 Å². The van der Waals surface area contributed by atoms with E-state index in [0.29, 0.717) is 58.0 Å². The number of alkyl carbamates (subject to hydrolysis) is 1. The zero-order valence-electron chi connectivity index (χ0n) is 20.0. The summed E-state index contributed by atoms with van der Waals surface area (Å²) in [5.41, 5.74) is 0.883. The Bertz CT molecular complexity index is 823. The number of carbonyl (C=O) groups excluding carboxylic acids is 2. The topological polar surface area (TPSA) is 142 Å². The first-order chi connectivity index (χ1) is 16.9. The number of nitrogens with one attached hydrogen (secondary N) is 1. The van der Waals surface area contributed by atoms with Crippen molar-refractivity contribution < 1.29 is 38.4 Å². The van der Waals surface area contributed by atoms with Crippen LogP contribution in [0.5, 0.6) is 0 Å². The second kappa shape index (κ2) is 16.2. The molecule has 0 aliphatic carbocycles. The summed E-state index contributed by atoms with van der Waals surface area (Å²) in [5.74, 6) is -1.51. The number of carboxylic acid groups (broad SMARTS) is 1. The number of benzene rings is 1. The van der Waals surface area contributed by atoms with Crippen molar-refractivity contribution in [2.45, 2.75) is 70.1 Å². The number of carbonyl (C=O) groups is 3. The van der Waals surface area contributed by atoms with E-state index in [0.717, 1.165) is 5.56 Å². The van der Waals surface area contributed by atoms with Crippen LogP contribution in [0.15, 0.2) is 30.3 Å². The minimum atomic E-state index is -2.09. The molecule has 1 aliphatic rings. The molecular weight excluding hydrogens is 475 g/mol. The normalized spacial score (nSPS) is 16.5. The first-order valence-corrected chi connectivity index (χ1v) is 13.5. The summed E-state index contributed by atoms with van der Waals surface area (Å²) in [5, 5.41) is 20.9. The molecule has 1 aliphatic heterocycles. The van der Waals surface area contributed by atoms with E-state index in [-0.39, 0.29) is 25.8 Å². The maximum atomic E-state index is 13.1. The minimum absolute atomic E-state index is 0.0676. The molecule has 2 unspecified atom stereocenters. The number of likely N-dealkylation sites (tertiary alicyclic amines) is 1. The van der Waals surface area contributed by atoms with E-state index in [1.54, 1.807) is 0 Å². The Hall–Kier alpha value is -2.55. The standard InChI is InChI=1S/C24H35N2O8P/c27-16-7-2-8-17-35(32)34-21(22(28)26-15-9-12-20(26)23(29)30)13-5-6-14-25-24(31)33-18-19-10-3-1-4-11-19/h1,3-4,10-11,20-21,27H,2,5-9,12-18H2,(H-,25,29,30,31)/p+1/t20-,21?/m0/s1. The average Bonchev–Trinajstić information content (AvgIpc) is 3.35. The van der Waals surface area contributed by atoms with Crippen molar-refractivity contribution >= 4 is 26.0 Å². The SMILES string of the molecule is O=C(NCCCCC(O[P+](=O)CCCCCO)C(=O)N1CCC[C@H]1C(=O)O)OCc1ccccc1. The van der Waals surface area contributed by atoms with E-state index in [4.69, 9.17) is 14.4 Å². The van der Waals surface area contributed by atoms with Gasteiger partial charge >= 0.3 is 20.1 Å². The van der Waals surface area contributed by atoms with Crippen molar-refractivity contribution in [2.24, 2.45) is 0 Å². The summed E-state index contributed by atoms with van der Waals surface area (Å²) in [6.45, 7) is 0.905. The number of carboxylic acids is 1. The molecule has 0 spiro atoms. The molecule has 1 heterocycles. The molecule has 35 heavy (non-hydrogen) atoms. The third-order valence-corrected chi connectivity index (χ3v) is 6.89. The van der Waals surface area contributed by atoms with Crippen LogP contribution in [0.25, 0.3) is 0 Å². The van der Waals surface area contributed by atoms with Gasteiger partial charge in [-0.15, -0.1) is 4.52 Å². The number of hydrogen-bond donors (Lipinski definition) is 3. The fourth-order valence-electron chi connectivity index (χ4n) is 3.84. The van der Waals surface area contributed by atoms with Crippen LogP contribution in [0.2, 0.25) is 0 Å². The van der Waals surface area contributed by atoms with E-state index in [2.05, 4.69) is 5.32 Å². The molecule has 2 rings (SSSR count). The molecule has 2 amide bonds. The maximum Gasteiger partial charge on any atom is 0.508 e. The molecule has 11 heteroatoms. The molecule has 1 saturated heterocycles. The first-order valence-electron chi connectivity index (χ1n) is 12.1. The predicted molar refractivity (Wildman–Crippen MR) is 129 cm³/mol. The number of amides is 2. The van der Waals surface area contributed by atoms with Gasteiger partial charge in [0.1, 0.15) is 12.6 Å². The van der Waals surface area contributed by atoms with E-state index >= 15 is 0 Å².